The van der Waals surface area contributed by atoms with Crippen molar-refractivity contribution < 1.29 is 29.6 Å². The smallest absolute Gasteiger partial charge is 0.325 e. The fraction of sp³-hybridized carbons (Fsp3) is 0.455. The maximum atomic E-state index is 11.3. The number of aromatic nitrogens is 2. The molecular formula is C11H15N3O6. The van der Waals surface area contributed by atoms with Gasteiger partial charge in [0.25, 0.3) is 0 Å². The summed E-state index contributed by atoms with van der Waals surface area (Å²) >= 11 is 0. The summed E-state index contributed by atoms with van der Waals surface area (Å²) in [5, 5.41) is 27.0. The molecule has 1 aromatic heterocycles. The van der Waals surface area contributed by atoms with Crippen LogP contribution in [0.2, 0.25) is 0 Å². The Kier molecular flexibility index (Phi) is 5.81. The predicted molar refractivity (Wildman–Crippen MR) is 65.7 cm³/mol. The Labute approximate surface area is 114 Å². The van der Waals surface area contributed by atoms with E-state index >= 15 is 0 Å². The molecule has 9 heteroatoms. The van der Waals surface area contributed by atoms with Crippen molar-refractivity contribution >= 4 is 17.9 Å². The van der Waals surface area contributed by atoms with Crippen molar-refractivity contribution in [1.82, 2.24) is 9.97 Å². The highest BCUT2D eigenvalue weighted by atomic mass is 16.5. The van der Waals surface area contributed by atoms with Gasteiger partial charge in [-0.1, -0.05) is 0 Å². The number of carbonyl (C=O) groups is 2. The van der Waals surface area contributed by atoms with Crippen molar-refractivity contribution in [2.75, 3.05) is 25.1 Å². The molecule has 1 heterocycles. The average molecular weight is 285 g/mol. The van der Waals surface area contributed by atoms with Crippen LogP contribution < -0.4 is 4.90 Å². The summed E-state index contributed by atoms with van der Waals surface area (Å²) < 4.78 is 4.47. The number of nitrogens with zero attached hydrogens (tertiary/aromatic N) is 3. The molecule has 0 aliphatic rings. The zero-order valence-corrected chi connectivity index (χ0v) is 10.8. The lowest BCUT2D eigenvalue weighted by atomic mass is 10.3. The molecule has 0 fully saturated rings. The monoisotopic (exact) mass is 285 g/mol. The van der Waals surface area contributed by atoms with Crippen molar-refractivity contribution in [2.45, 2.75) is 13.2 Å². The van der Waals surface area contributed by atoms with Gasteiger partial charge < -0.3 is 25.0 Å². The molecule has 1 rings (SSSR count). The lowest BCUT2D eigenvalue weighted by molar-refractivity contribution is -0.139. The van der Waals surface area contributed by atoms with E-state index in [1.807, 2.05) is 0 Å². The highest BCUT2D eigenvalue weighted by molar-refractivity contribution is 5.79. The van der Waals surface area contributed by atoms with E-state index in [0.717, 1.165) is 4.90 Å². The standard InChI is InChI=1S/C11H15N3O6/c1-20-10(19)4-14(3-9(17)18)11-12-7(5-15)2-8(6-16)13-11/h2,15-16H,3-6H2,1H3,(H,17,18). The minimum atomic E-state index is -1.18. The SMILES string of the molecule is COC(=O)CN(CC(=O)O)c1nc(CO)cc(CO)n1. The van der Waals surface area contributed by atoms with E-state index < -0.39 is 31.7 Å². The van der Waals surface area contributed by atoms with Crippen LogP contribution in [-0.2, 0) is 27.5 Å². The van der Waals surface area contributed by atoms with Gasteiger partial charge in [0.2, 0.25) is 5.95 Å². The first kappa shape index (κ1) is 15.8. The molecule has 0 spiro atoms. The quantitative estimate of drug-likeness (QED) is 0.513. The fourth-order valence-electron chi connectivity index (χ4n) is 1.42. The van der Waals surface area contributed by atoms with E-state index in [1.165, 1.54) is 13.2 Å². The Morgan fingerprint density at radius 1 is 1.20 bits per heavy atom. The van der Waals surface area contributed by atoms with Gasteiger partial charge in [-0.05, 0) is 6.07 Å². The van der Waals surface area contributed by atoms with Crippen LogP contribution in [0.5, 0.6) is 0 Å². The average Bonchev–Trinajstić information content (AvgIpc) is 2.45. The van der Waals surface area contributed by atoms with Gasteiger partial charge in [0.05, 0.1) is 31.7 Å². The minimum absolute atomic E-state index is 0.0756. The molecule has 0 saturated carbocycles. The molecule has 0 radical (unpaired) electrons. The summed E-state index contributed by atoms with van der Waals surface area (Å²) in [6.07, 6.45) is 0. The van der Waals surface area contributed by atoms with Gasteiger partial charge in [-0.2, -0.15) is 0 Å². The van der Waals surface area contributed by atoms with Gasteiger partial charge >= 0.3 is 11.9 Å². The molecule has 0 bridgehead atoms. The first-order chi connectivity index (χ1) is 9.49. The number of carbonyl (C=O) groups excluding carboxylic acids is 1. The minimum Gasteiger partial charge on any atom is -0.480 e. The lowest BCUT2D eigenvalue weighted by Gasteiger charge is -2.20. The molecule has 0 saturated heterocycles. The highest BCUT2D eigenvalue weighted by Gasteiger charge is 2.19. The Bertz CT molecular complexity index is 471. The number of rotatable bonds is 7. The topological polar surface area (TPSA) is 133 Å². The van der Waals surface area contributed by atoms with Crippen molar-refractivity contribution in [1.29, 1.82) is 0 Å². The molecule has 1 aromatic rings. The number of methoxy groups -OCH3 is 1. The van der Waals surface area contributed by atoms with E-state index in [0.29, 0.717) is 0 Å². The molecule has 0 amide bonds. The normalized spacial score (nSPS) is 10.2. The predicted octanol–water partition coefficient (Wildman–Crippen LogP) is -1.47. The molecule has 20 heavy (non-hydrogen) atoms. The van der Waals surface area contributed by atoms with E-state index in [9.17, 15) is 9.59 Å². The third-order valence-corrected chi connectivity index (χ3v) is 2.30. The summed E-state index contributed by atoms with van der Waals surface area (Å²) in [4.78, 5) is 31.0. The van der Waals surface area contributed by atoms with Gasteiger partial charge in [-0.25, -0.2) is 9.97 Å². The zero-order valence-electron chi connectivity index (χ0n) is 10.8. The Hall–Kier alpha value is -2.26. The van der Waals surface area contributed by atoms with Crippen LogP contribution in [-0.4, -0.2) is 57.4 Å². The van der Waals surface area contributed by atoms with Gasteiger partial charge in [-0.3, -0.25) is 9.59 Å². The number of aliphatic hydroxyl groups is 2. The molecular weight excluding hydrogens is 270 g/mol. The van der Waals surface area contributed by atoms with Gasteiger partial charge in [-0.15, -0.1) is 0 Å². The van der Waals surface area contributed by atoms with Gasteiger partial charge in [0.1, 0.15) is 13.1 Å². The third kappa shape index (κ3) is 4.44. The number of carboxylic acids is 1. The maximum absolute atomic E-state index is 11.3. The Balaban J connectivity index is 3.10. The maximum Gasteiger partial charge on any atom is 0.325 e. The summed E-state index contributed by atoms with van der Waals surface area (Å²) in [6, 6.07) is 1.38. The Morgan fingerprint density at radius 3 is 2.15 bits per heavy atom. The zero-order chi connectivity index (χ0) is 15.1. The molecule has 9 nitrogen and oxygen atoms in total. The number of hydrogen-bond acceptors (Lipinski definition) is 8. The van der Waals surface area contributed by atoms with Crippen LogP contribution in [0.4, 0.5) is 5.95 Å². The number of ether oxygens (including phenoxy) is 1. The molecule has 3 N–H and O–H groups in total. The van der Waals surface area contributed by atoms with Crippen LogP contribution >= 0.6 is 0 Å². The van der Waals surface area contributed by atoms with Gasteiger partial charge in [0, 0.05) is 0 Å². The van der Waals surface area contributed by atoms with E-state index in [1.54, 1.807) is 0 Å². The summed E-state index contributed by atoms with van der Waals surface area (Å²) in [5.41, 5.74) is 0.415. The van der Waals surface area contributed by atoms with Crippen LogP contribution in [0.3, 0.4) is 0 Å². The van der Waals surface area contributed by atoms with Crippen molar-refractivity contribution in [3.8, 4) is 0 Å². The van der Waals surface area contributed by atoms with Crippen LogP contribution in [0.25, 0.3) is 0 Å². The van der Waals surface area contributed by atoms with E-state index in [4.69, 9.17) is 15.3 Å². The summed E-state index contributed by atoms with van der Waals surface area (Å²) in [6.45, 7) is -1.68. The third-order valence-electron chi connectivity index (χ3n) is 2.30. The number of carboxylic acid groups (broad SMARTS) is 1. The number of anilines is 1. The van der Waals surface area contributed by atoms with E-state index in [-0.39, 0.29) is 23.9 Å². The van der Waals surface area contributed by atoms with E-state index in [2.05, 4.69) is 14.7 Å². The summed E-state index contributed by atoms with van der Waals surface area (Å²) in [7, 11) is 1.17. The first-order valence-corrected chi connectivity index (χ1v) is 5.62. The second-order valence-corrected chi connectivity index (χ2v) is 3.79. The largest absolute Gasteiger partial charge is 0.480 e. The molecule has 110 valence electrons. The van der Waals surface area contributed by atoms with Crippen LogP contribution in [0, 0.1) is 0 Å². The number of esters is 1. The van der Waals surface area contributed by atoms with Crippen LogP contribution in [0.15, 0.2) is 6.07 Å². The number of hydrogen-bond donors (Lipinski definition) is 3. The molecule has 0 unspecified atom stereocenters. The van der Waals surface area contributed by atoms with Crippen LogP contribution in [0.1, 0.15) is 11.4 Å². The second kappa shape index (κ2) is 7.36. The Morgan fingerprint density at radius 2 is 1.75 bits per heavy atom. The van der Waals surface area contributed by atoms with Crippen molar-refractivity contribution in [3.05, 3.63) is 17.5 Å². The second-order valence-electron chi connectivity index (χ2n) is 3.79. The van der Waals surface area contributed by atoms with Crippen molar-refractivity contribution in [2.24, 2.45) is 0 Å². The van der Waals surface area contributed by atoms with Crippen molar-refractivity contribution in [3.63, 3.8) is 0 Å². The number of aliphatic hydroxyl groups excluding tert-OH is 2. The molecule has 0 aliphatic heterocycles. The highest BCUT2D eigenvalue weighted by Crippen LogP contribution is 2.11. The number of aliphatic carboxylic acids is 1. The lowest BCUT2D eigenvalue weighted by Crippen LogP contribution is -2.36. The summed E-state index contributed by atoms with van der Waals surface area (Å²) in [5.74, 6) is -1.92. The molecule has 0 aliphatic carbocycles. The molecule has 0 aromatic carbocycles. The van der Waals surface area contributed by atoms with Gasteiger partial charge in [0.15, 0.2) is 0 Å². The molecule has 0 atom stereocenters. The first-order valence-electron chi connectivity index (χ1n) is 5.62. The fourth-order valence-corrected chi connectivity index (χ4v) is 1.42.